The van der Waals surface area contributed by atoms with Crippen LogP contribution < -0.4 is 16.2 Å². The van der Waals surface area contributed by atoms with E-state index in [1.807, 2.05) is 0 Å². The summed E-state index contributed by atoms with van der Waals surface area (Å²) in [5.74, 6) is -1.03. The first-order valence-corrected chi connectivity index (χ1v) is 9.31. The normalized spacial score (nSPS) is 11.7. The van der Waals surface area contributed by atoms with Gasteiger partial charge in [0.2, 0.25) is 5.91 Å². The van der Waals surface area contributed by atoms with E-state index in [1.54, 1.807) is 38.5 Å². The molecule has 0 saturated carbocycles. The quantitative estimate of drug-likeness (QED) is 0.585. The van der Waals surface area contributed by atoms with Gasteiger partial charge in [-0.05, 0) is 62.0 Å². The Balaban J connectivity index is 1.82. The number of carbonyl (C=O) groups excluding carboxylic acids is 2. The number of aromatic nitrogens is 2. The molecule has 3 aromatic rings. The van der Waals surface area contributed by atoms with E-state index in [9.17, 15) is 18.8 Å². The van der Waals surface area contributed by atoms with Crippen LogP contribution in [-0.4, -0.2) is 34.3 Å². The van der Waals surface area contributed by atoms with Gasteiger partial charge in [-0.2, -0.15) is 0 Å². The Morgan fingerprint density at radius 2 is 1.87 bits per heavy atom. The molecule has 0 unspecified atom stereocenters. The van der Waals surface area contributed by atoms with E-state index < -0.39 is 11.9 Å². The molecule has 30 heavy (non-hydrogen) atoms. The van der Waals surface area contributed by atoms with Crippen LogP contribution in [-0.2, 0) is 11.3 Å². The summed E-state index contributed by atoms with van der Waals surface area (Å²) in [7, 11) is 1.65. The topological polar surface area (TPSA) is 93.1 Å². The molecule has 0 radical (unpaired) electrons. The standard InChI is InChI=1S/C22H21FN4O3/c1-14(24-2)21(29)26-19-4-3-9-27(22(19)30)13-15-10-17(12-25-11-15)20(28)16-5-7-18(23)8-6-16/h3-12,14,24H,13H2,1-2H3,(H,26,29)/t14-/m0/s1. The third-order valence-corrected chi connectivity index (χ3v) is 4.62. The first-order valence-electron chi connectivity index (χ1n) is 9.31. The number of nitrogens with zero attached hydrogens (tertiary/aromatic N) is 2. The molecule has 0 saturated heterocycles. The van der Waals surface area contributed by atoms with Gasteiger partial charge in [-0.1, -0.05) is 0 Å². The molecule has 1 atom stereocenters. The van der Waals surface area contributed by atoms with E-state index >= 15 is 0 Å². The highest BCUT2D eigenvalue weighted by atomic mass is 19.1. The largest absolute Gasteiger partial charge is 0.320 e. The summed E-state index contributed by atoms with van der Waals surface area (Å²) in [5.41, 5.74) is 1.10. The number of pyridine rings is 2. The predicted molar refractivity (Wildman–Crippen MR) is 111 cm³/mol. The van der Waals surface area contributed by atoms with Crippen molar-refractivity contribution in [3.8, 4) is 0 Å². The molecule has 3 rings (SSSR count). The van der Waals surface area contributed by atoms with Crippen molar-refractivity contribution in [3.63, 3.8) is 0 Å². The summed E-state index contributed by atoms with van der Waals surface area (Å²) in [6.07, 6.45) is 4.57. The molecule has 1 aromatic carbocycles. The lowest BCUT2D eigenvalue weighted by atomic mass is 10.0. The summed E-state index contributed by atoms with van der Waals surface area (Å²) in [4.78, 5) is 41.4. The third kappa shape index (κ3) is 4.84. The highest BCUT2D eigenvalue weighted by Crippen LogP contribution is 2.12. The van der Waals surface area contributed by atoms with E-state index in [0.29, 0.717) is 16.7 Å². The Hall–Kier alpha value is -3.65. The maximum absolute atomic E-state index is 13.1. The smallest absolute Gasteiger partial charge is 0.274 e. The van der Waals surface area contributed by atoms with Crippen LogP contribution in [0.5, 0.6) is 0 Å². The van der Waals surface area contributed by atoms with Crippen molar-refractivity contribution in [1.82, 2.24) is 14.9 Å². The van der Waals surface area contributed by atoms with E-state index in [-0.39, 0.29) is 29.5 Å². The van der Waals surface area contributed by atoms with Crippen molar-refractivity contribution >= 4 is 17.4 Å². The van der Waals surface area contributed by atoms with Crippen molar-refractivity contribution in [2.75, 3.05) is 12.4 Å². The lowest BCUT2D eigenvalue weighted by molar-refractivity contribution is -0.117. The van der Waals surface area contributed by atoms with E-state index in [1.165, 1.54) is 41.1 Å². The summed E-state index contributed by atoms with van der Waals surface area (Å²) < 4.78 is 14.5. The van der Waals surface area contributed by atoms with Crippen LogP contribution in [0.15, 0.2) is 65.8 Å². The first kappa shape index (κ1) is 21.1. The first-order chi connectivity index (χ1) is 14.4. The molecule has 0 aliphatic heterocycles. The zero-order valence-electron chi connectivity index (χ0n) is 16.6. The zero-order valence-corrected chi connectivity index (χ0v) is 16.6. The molecule has 0 fully saturated rings. The Kier molecular flexibility index (Phi) is 6.48. The number of carbonyl (C=O) groups is 2. The highest BCUT2D eigenvalue weighted by Gasteiger charge is 2.14. The Bertz CT molecular complexity index is 1130. The van der Waals surface area contributed by atoms with Gasteiger partial charge in [0.25, 0.3) is 5.56 Å². The number of hydrogen-bond acceptors (Lipinski definition) is 5. The second kappa shape index (κ2) is 9.23. The number of nitrogens with one attached hydrogen (secondary N) is 2. The zero-order chi connectivity index (χ0) is 21.7. The second-order valence-electron chi connectivity index (χ2n) is 6.77. The van der Waals surface area contributed by atoms with Gasteiger partial charge in [-0.25, -0.2) is 4.39 Å². The monoisotopic (exact) mass is 408 g/mol. The highest BCUT2D eigenvalue weighted by molar-refractivity contribution is 6.08. The summed E-state index contributed by atoms with van der Waals surface area (Å²) in [5, 5.41) is 5.42. The maximum Gasteiger partial charge on any atom is 0.274 e. The molecular weight excluding hydrogens is 387 g/mol. The van der Waals surface area contributed by atoms with Gasteiger partial charge >= 0.3 is 0 Å². The van der Waals surface area contributed by atoms with Crippen LogP contribution >= 0.6 is 0 Å². The van der Waals surface area contributed by atoms with Crippen molar-refractivity contribution < 1.29 is 14.0 Å². The van der Waals surface area contributed by atoms with E-state index in [4.69, 9.17) is 0 Å². The lowest BCUT2D eigenvalue weighted by Crippen LogP contribution is -2.37. The van der Waals surface area contributed by atoms with Crippen molar-refractivity contribution in [3.05, 3.63) is 93.9 Å². The Morgan fingerprint density at radius 3 is 2.57 bits per heavy atom. The van der Waals surface area contributed by atoms with E-state index in [0.717, 1.165) is 0 Å². The summed E-state index contributed by atoms with van der Waals surface area (Å²) in [6.45, 7) is 1.85. The molecule has 2 heterocycles. The third-order valence-electron chi connectivity index (χ3n) is 4.62. The Labute approximate surface area is 172 Å². The van der Waals surface area contributed by atoms with Crippen LogP contribution in [0.4, 0.5) is 10.1 Å². The average molecular weight is 408 g/mol. The molecule has 8 heteroatoms. The van der Waals surface area contributed by atoms with Gasteiger partial charge in [0, 0.05) is 29.7 Å². The number of halogens is 1. The molecule has 7 nitrogen and oxygen atoms in total. The molecule has 0 spiro atoms. The minimum absolute atomic E-state index is 0.163. The fourth-order valence-corrected chi connectivity index (χ4v) is 2.79. The maximum atomic E-state index is 13.1. The lowest BCUT2D eigenvalue weighted by Gasteiger charge is -2.12. The number of anilines is 1. The Morgan fingerprint density at radius 1 is 1.13 bits per heavy atom. The minimum Gasteiger partial charge on any atom is -0.320 e. The average Bonchev–Trinajstić information content (AvgIpc) is 2.76. The molecule has 0 bridgehead atoms. The van der Waals surface area contributed by atoms with E-state index in [2.05, 4.69) is 15.6 Å². The van der Waals surface area contributed by atoms with Gasteiger partial charge in [-0.3, -0.25) is 19.4 Å². The SMILES string of the molecule is CN[C@@H](C)C(=O)Nc1cccn(Cc2cncc(C(=O)c3ccc(F)cc3)c2)c1=O. The molecular formula is C22H21FN4O3. The van der Waals surface area contributed by atoms with Crippen LogP contribution in [0.1, 0.15) is 28.4 Å². The summed E-state index contributed by atoms with van der Waals surface area (Å²) >= 11 is 0. The number of amides is 1. The number of ketones is 1. The van der Waals surface area contributed by atoms with Crippen molar-refractivity contribution in [2.45, 2.75) is 19.5 Å². The minimum atomic E-state index is -0.448. The molecule has 2 N–H and O–H groups in total. The van der Waals surface area contributed by atoms with Crippen LogP contribution in [0, 0.1) is 5.82 Å². The number of likely N-dealkylation sites (N-methyl/N-ethyl adjacent to an activating group) is 1. The fraction of sp³-hybridized carbons (Fsp3) is 0.182. The van der Waals surface area contributed by atoms with Gasteiger partial charge in [-0.15, -0.1) is 0 Å². The summed E-state index contributed by atoms with van der Waals surface area (Å²) in [6, 6.07) is 9.64. The fourth-order valence-electron chi connectivity index (χ4n) is 2.79. The van der Waals surface area contributed by atoms with Gasteiger partial charge < -0.3 is 15.2 Å². The van der Waals surface area contributed by atoms with Gasteiger partial charge in [0.05, 0.1) is 12.6 Å². The van der Waals surface area contributed by atoms with Crippen molar-refractivity contribution in [2.24, 2.45) is 0 Å². The van der Waals surface area contributed by atoms with Crippen molar-refractivity contribution in [1.29, 1.82) is 0 Å². The number of hydrogen-bond donors (Lipinski definition) is 2. The van der Waals surface area contributed by atoms with Gasteiger partial charge in [0.15, 0.2) is 5.78 Å². The second-order valence-corrected chi connectivity index (χ2v) is 6.77. The molecule has 154 valence electrons. The number of benzene rings is 1. The molecule has 0 aliphatic carbocycles. The van der Waals surface area contributed by atoms with Gasteiger partial charge in [0.1, 0.15) is 11.5 Å². The number of rotatable bonds is 7. The van der Waals surface area contributed by atoms with Crippen LogP contribution in [0.25, 0.3) is 0 Å². The molecule has 2 aromatic heterocycles. The molecule has 0 aliphatic rings. The van der Waals surface area contributed by atoms with Crippen LogP contribution in [0.2, 0.25) is 0 Å². The van der Waals surface area contributed by atoms with Crippen LogP contribution in [0.3, 0.4) is 0 Å². The molecule has 1 amide bonds. The predicted octanol–water partition coefficient (Wildman–Crippen LogP) is 2.21.